The van der Waals surface area contributed by atoms with Gasteiger partial charge in [0.25, 0.3) is 5.91 Å². The summed E-state index contributed by atoms with van der Waals surface area (Å²) in [7, 11) is 0. The van der Waals surface area contributed by atoms with E-state index in [0.717, 1.165) is 27.9 Å². The molecule has 140 valence electrons. The van der Waals surface area contributed by atoms with Crippen molar-refractivity contribution < 1.29 is 4.79 Å². The molecular weight excluding hydrogens is 348 g/mol. The summed E-state index contributed by atoms with van der Waals surface area (Å²) >= 11 is 0. The Morgan fingerprint density at radius 1 is 1.04 bits per heavy atom. The largest absolute Gasteiger partial charge is 0.322 e. The molecule has 0 fully saturated rings. The van der Waals surface area contributed by atoms with Gasteiger partial charge in [-0.2, -0.15) is 5.10 Å². The molecule has 0 unspecified atom stereocenters. The van der Waals surface area contributed by atoms with E-state index in [4.69, 9.17) is 4.98 Å². The third kappa shape index (κ3) is 3.27. The molecule has 0 bridgehead atoms. The second-order valence-electron chi connectivity index (χ2n) is 7.11. The van der Waals surface area contributed by atoms with E-state index in [-0.39, 0.29) is 11.9 Å². The number of nitrogens with zero attached hydrogens (tertiary/aromatic N) is 3. The minimum absolute atomic E-state index is 0.141. The van der Waals surface area contributed by atoms with Crippen LogP contribution >= 0.6 is 0 Å². The van der Waals surface area contributed by atoms with Gasteiger partial charge in [0.05, 0.1) is 22.8 Å². The Bertz CT molecular complexity index is 1150. The van der Waals surface area contributed by atoms with Gasteiger partial charge in [-0.15, -0.1) is 0 Å². The van der Waals surface area contributed by atoms with Crippen LogP contribution in [0.4, 0.5) is 5.69 Å². The average Bonchev–Trinajstić information content (AvgIpc) is 3.12. The SMILES string of the molecule is Cc1ccccc1-c1cc(C(=O)Nc2ccccc2)c2cnn(C(C)C)c2n1. The Balaban J connectivity index is 1.89. The molecule has 0 radical (unpaired) electrons. The molecule has 2 aromatic heterocycles. The number of benzene rings is 2. The maximum absolute atomic E-state index is 13.1. The number of fused-ring (bicyclic) bond motifs is 1. The van der Waals surface area contributed by atoms with Crippen LogP contribution in [0.5, 0.6) is 0 Å². The fourth-order valence-electron chi connectivity index (χ4n) is 3.30. The van der Waals surface area contributed by atoms with Crippen LogP contribution in [0.1, 0.15) is 35.8 Å². The fraction of sp³-hybridized carbons (Fsp3) is 0.174. The zero-order valence-electron chi connectivity index (χ0n) is 16.2. The molecule has 0 aliphatic carbocycles. The van der Waals surface area contributed by atoms with Crippen molar-refractivity contribution in [2.24, 2.45) is 0 Å². The minimum atomic E-state index is -0.170. The molecule has 4 rings (SSSR count). The number of hydrogen-bond acceptors (Lipinski definition) is 3. The number of amides is 1. The molecule has 28 heavy (non-hydrogen) atoms. The van der Waals surface area contributed by atoms with Gasteiger partial charge in [-0.3, -0.25) is 4.79 Å². The summed E-state index contributed by atoms with van der Waals surface area (Å²) in [6, 6.07) is 19.5. The fourth-order valence-corrected chi connectivity index (χ4v) is 3.30. The number of rotatable bonds is 4. The topological polar surface area (TPSA) is 59.8 Å². The molecular formula is C23H22N4O. The van der Waals surface area contributed by atoms with Crippen molar-refractivity contribution in [1.82, 2.24) is 14.8 Å². The summed E-state index contributed by atoms with van der Waals surface area (Å²) in [5, 5.41) is 8.20. The minimum Gasteiger partial charge on any atom is -0.322 e. The first-order valence-corrected chi connectivity index (χ1v) is 9.35. The average molecular weight is 370 g/mol. The van der Waals surface area contributed by atoms with E-state index >= 15 is 0 Å². The lowest BCUT2D eigenvalue weighted by Gasteiger charge is -2.12. The number of carbonyl (C=O) groups excluding carboxylic acids is 1. The summed E-state index contributed by atoms with van der Waals surface area (Å²) in [5.41, 5.74) is 4.93. The number of anilines is 1. The lowest BCUT2D eigenvalue weighted by Crippen LogP contribution is -2.13. The molecule has 0 aliphatic heterocycles. The molecule has 4 aromatic rings. The molecule has 0 saturated heterocycles. The summed E-state index contributed by atoms with van der Waals surface area (Å²) in [5.74, 6) is -0.170. The second-order valence-corrected chi connectivity index (χ2v) is 7.11. The summed E-state index contributed by atoms with van der Waals surface area (Å²) in [6.45, 7) is 6.15. The summed E-state index contributed by atoms with van der Waals surface area (Å²) < 4.78 is 1.86. The van der Waals surface area contributed by atoms with E-state index in [0.29, 0.717) is 11.2 Å². The third-order valence-electron chi connectivity index (χ3n) is 4.75. The predicted octanol–water partition coefficient (Wildman–Crippen LogP) is 5.24. The van der Waals surface area contributed by atoms with Gasteiger partial charge in [-0.25, -0.2) is 9.67 Å². The van der Waals surface area contributed by atoms with Gasteiger partial charge in [0.1, 0.15) is 0 Å². The monoisotopic (exact) mass is 370 g/mol. The highest BCUT2D eigenvalue weighted by Crippen LogP contribution is 2.28. The standard InChI is InChI=1S/C23H22N4O/c1-15(2)27-22-20(14-24-27)19(23(28)25-17-10-5-4-6-11-17)13-21(26-22)18-12-8-7-9-16(18)3/h4-15H,1-3H3,(H,25,28). The molecule has 1 N–H and O–H groups in total. The maximum Gasteiger partial charge on any atom is 0.256 e. The number of hydrogen-bond donors (Lipinski definition) is 1. The first-order chi connectivity index (χ1) is 13.5. The Labute approximate surface area is 164 Å². The van der Waals surface area contributed by atoms with Crippen LogP contribution in [0.3, 0.4) is 0 Å². The van der Waals surface area contributed by atoms with Crippen molar-refractivity contribution in [1.29, 1.82) is 0 Å². The molecule has 2 aromatic carbocycles. The van der Waals surface area contributed by atoms with E-state index < -0.39 is 0 Å². The van der Waals surface area contributed by atoms with E-state index in [2.05, 4.69) is 24.3 Å². The van der Waals surface area contributed by atoms with Gasteiger partial charge in [0.2, 0.25) is 0 Å². The van der Waals surface area contributed by atoms with Crippen molar-refractivity contribution >= 4 is 22.6 Å². The van der Waals surface area contributed by atoms with Gasteiger partial charge in [0, 0.05) is 17.3 Å². The molecule has 0 atom stereocenters. The van der Waals surface area contributed by atoms with Crippen molar-refractivity contribution in [2.45, 2.75) is 26.8 Å². The van der Waals surface area contributed by atoms with Crippen LogP contribution in [-0.4, -0.2) is 20.7 Å². The second kappa shape index (κ2) is 7.27. The molecule has 5 heteroatoms. The highest BCUT2D eigenvalue weighted by atomic mass is 16.1. The Kier molecular flexibility index (Phi) is 4.65. The van der Waals surface area contributed by atoms with Crippen molar-refractivity contribution in [3.05, 3.63) is 78.0 Å². The molecule has 2 heterocycles. The van der Waals surface area contributed by atoms with Crippen LogP contribution in [0.15, 0.2) is 66.9 Å². The summed E-state index contributed by atoms with van der Waals surface area (Å²) in [4.78, 5) is 18.0. The smallest absolute Gasteiger partial charge is 0.256 e. The van der Waals surface area contributed by atoms with Crippen LogP contribution in [0.25, 0.3) is 22.3 Å². The van der Waals surface area contributed by atoms with Gasteiger partial charge in [-0.05, 0) is 44.5 Å². The molecule has 0 aliphatic rings. The molecule has 0 spiro atoms. The van der Waals surface area contributed by atoms with Crippen molar-refractivity contribution in [2.75, 3.05) is 5.32 Å². The van der Waals surface area contributed by atoms with Gasteiger partial charge < -0.3 is 5.32 Å². The van der Waals surface area contributed by atoms with E-state index in [9.17, 15) is 4.79 Å². The number of para-hydroxylation sites is 1. The third-order valence-corrected chi connectivity index (χ3v) is 4.75. The molecule has 0 saturated carbocycles. The van der Waals surface area contributed by atoms with Gasteiger partial charge in [-0.1, -0.05) is 42.5 Å². The Hall–Kier alpha value is -3.47. The highest BCUT2D eigenvalue weighted by molar-refractivity contribution is 6.12. The molecule has 5 nitrogen and oxygen atoms in total. The number of carbonyl (C=O) groups is 1. The number of aryl methyl sites for hydroxylation is 1. The molecule has 1 amide bonds. The van der Waals surface area contributed by atoms with Crippen LogP contribution in [-0.2, 0) is 0 Å². The lowest BCUT2D eigenvalue weighted by atomic mass is 10.0. The van der Waals surface area contributed by atoms with E-state index in [1.807, 2.05) is 72.3 Å². The number of nitrogens with one attached hydrogen (secondary N) is 1. The zero-order chi connectivity index (χ0) is 19.7. The van der Waals surface area contributed by atoms with Crippen molar-refractivity contribution in [3.8, 4) is 11.3 Å². The van der Waals surface area contributed by atoms with Crippen LogP contribution in [0.2, 0.25) is 0 Å². The predicted molar refractivity (Wildman–Crippen MR) is 112 cm³/mol. The lowest BCUT2D eigenvalue weighted by molar-refractivity contribution is 0.102. The van der Waals surface area contributed by atoms with Crippen LogP contribution < -0.4 is 5.32 Å². The quantitative estimate of drug-likeness (QED) is 0.534. The van der Waals surface area contributed by atoms with E-state index in [1.54, 1.807) is 6.20 Å². The van der Waals surface area contributed by atoms with Crippen LogP contribution in [0, 0.1) is 6.92 Å². The van der Waals surface area contributed by atoms with Gasteiger partial charge in [0.15, 0.2) is 5.65 Å². The maximum atomic E-state index is 13.1. The number of pyridine rings is 1. The summed E-state index contributed by atoms with van der Waals surface area (Å²) in [6.07, 6.45) is 1.73. The highest BCUT2D eigenvalue weighted by Gasteiger charge is 2.19. The first-order valence-electron chi connectivity index (χ1n) is 9.35. The number of aromatic nitrogens is 3. The van der Waals surface area contributed by atoms with Gasteiger partial charge >= 0.3 is 0 Å². The first kappa shape index (κ1) is 17.9. The Morgan fingerprint density at radius 2 is 1.75 bits per heavy atom. The normalized spacial score (nSPS) is 11.1. The van der Waals surface area contributed by atoms with Crippen molar-refractivity contribution in [3.63, 3.8) is 0 Å². The Morgan fingerprint density at radius 3 is 2.46 bits per heavy atom. The van der Waals surface area contributed by atoms with E-state index in [1.165, 1.54) is 0 Å². The zero-order valence-corrected chi connectivity index (χ0v) is 16.2.